The zero-order valence-corrected chi connectivity index (χ0v) is 17.9. The van der Waals surface area contributed by atoms with Gasteiger partial charge in [0.15, 0.2) is 18.1 Å². The maximum atomic E-state index is 12.8. The van der Waals surface area contributed by atoms with Crippen molar-refractivity contribution in [1.29, 1.82) is 0 Å². The lowest BCUT2D eigenvalue weighted by Gasteiger charge is -2.13. The number of carbonyl (C=O) groups is 1. The predicted octanol–water partition coefficient (Wildman–Crippen LogP) is 3.87. The average Bonchev–Trinajstić information content (AvgIpc) is 3.12. The van der Waals surface area contributed by atoms with Gasteiger partial charge in [0.25, 0.3) is 5.56 Å². The fraction of sp³-hybridized carbons (Fsp3) is 0.409. The molecule has 3 aromatic rings. The van der Waals surface area contributed by atoms with Crippen LogP contribution in [-0.2, 0) is 22.4 Å². The molecule has 1 aromatic carbocycles. The average molecular weight is 429 g/mol. The van der Waals surface area contributed by atoms with E-state index in [2.05, 4.69) is 4.98 Å². The van der Waals surface area contributed by atoms with E-state index in [1.54, 1.807) is 36.5 Å². The highest BCUT2D eigenvalue weighted by molar-refractivity contribution is 7.18. The number of nitrogens with zero attached hydrogens (tertiary/aromatic N) is 1. The number of benzene rings is 1. The highest BCUT2D eigenvalue weighted by Gasteiger charge is 2.20. The van der Waals surface area contributed by atoms with E-state index >= 15 is 0 Å². The zero-order valence-electron chi connectivity index (χ0n) is 17.1. The Morgan fingerprint density at radius 3 is 2.77 bits per heavy atom. The third-order valence-corrected chi connectivity index (χ3v) is 6.18. The van der Waals surface area contributed by atoms with Crippen molar-refractivity contribution in [3.05, 3.63) is 39.0 Å². The Labute approximate surface area is 178 Å². The Hall–Kier alpha value is -2.87. The summed E-state index contributed by atoms with van der Waals surface area (Å²) in [4.78, 5) is 34.1. The summed E-state index contributed by atoms with van der Waals surface area (Å²) >= 11 is 1.62. The molecule has 30 heavy (non-hydrogen) atoms. The quantitative estimate of drug-likeness (QED) is 0.575. The van der Waals surface area contributed by atoms with Crippen LogP contribution in [0, 0.1) is 0 Å². The van der Waals surface area contributed by atoms with Gasteiger partial charge in [0, 0.05) is 10.4 Å². The number of carbonyl (C=O) groups excluding carboxylic acids is 1. The van der Waals surface area contributed by atoms with Gasteiger partial charge in [-0.25, -0.2) is 9.78 Å². The molecule has 2 aromatic heterocycles. The molecule has 0 unspecified atom stereocenters. The Morgan fingerprint density at radius 1 is 1.13 bits per heavy atom. The molecule has 7 nitrogen and oxygen atoms in total. The number of nitrogens with one attached hydrogen (secondary N) is 1. The fourth-order valence-corrected chi connectivity index (χ4v) is 4.94. The van der Waals surface area contributed by atoms with Crippen molar-refractivity contribution in [2.45, 2.75) is 39.5 Å². The van der Waals surface area contributed by atoms with Crippen LogP contribution in [0.4, 0.5) is 0 Å². The van der Waals surface area contributed by atoms with Crippen LogP contribution in [0.25, 0.3) is 21.6 Å². The van der Waals surface area contributed by atoms with E-state index in [-0.39, 0.29) is 12.2 Å². The molecule has 2 heterocycles. The third kappa shape index (κ3) is 4.05. The predicted molar refractivity (Wildman–Crippen MR) is 116 cm³/mol. The Bertz CT molecular complexity index is 1130. The van der Waals surface area contributed by atoms with E-state index in [1.165, 1.54) is 10.4 Å². The van der Waals surface area contributed by atoms with Crippen LogP contribution in [0.2, 0.25) is 0 Å². The number of hydrogen-bond acceptors (Lipinski definition) is 7. The first-order valence-corrected chi connectivity index (χ1v) is 11.0. The van der Waals surface area contributed by atoms with Gasteiger partial charge in [0.1, 0.15) is 10.7 Å². The molecule has 0 amide bonds. The van der Waals surface area contributed by atoms with Crippen molar-refractivity contribution in [1.82, 2.24) is 9.97 Å². The lowest BCUT2D eigenvalue weighted by atomic mass is 9.97. The molecule has 0 spiro atoms. The minimum Gasteiger partial charge on any atom is -0.490 e. The van der Waals surface area contributed by atoms with E-state index in [4.69, 9.17) is 19.2 Å². The number of H-pyrrole nitrogens is 1. The van der Waals surface area contributed by atoms with Gasteiger partial charge in [-0.05, 0) is 63.3 Å². The number of esters is 1. The third-order valence-electron chi connectivity index (χ3n) is 4.99. The molecule has 8 heteroatoms. The molecular formula is C22H24N2O5S. The first-order chi connectivity index (χ1) is 14.6. The summed E-state index contributed by atoms with van der Waals surface area (Å²) in [5, 5.41) is 0.734. The number of aryl methyl sites for hydroxylation is 2. The number of rotatable bonds is 7. The van der Waals surface area contributed by atoms with Crippen LogP contribution < -0.4 is 15.0 Å². The van der Waals surface area contributed by atoms with E-state index in [9.17, 15) is 9.59 Å². The summed E-state index contributed by atoms with van der Waals surface area (Å²) in [6.07, 6.45) is 4.24. The van der Waals surface area contributed by atoms with Crippen molar-refractivity contribution >= 4 is 27.5 Å². The van der Waals surface area contributed by atoms with Gasteiger partial charge in [0.05, 0.1) is 18.6 Å². The van der Waals surface area contributed by atoms with Crippen molar-refractivity contribution < 1.29 is 19.0 Å². The molecule has 4 rings (SSSR count). The van der Waals surface area contributed by atoms with Gasteiger partial charge in [-0.3, -0.25) is 4.79 Å². The molecule has 0 bridgehead atoms. The lowest BCUT2D eigenvalue weighted by molar-refractivity contribution is -0.145. The minimum absolute atomic E-state index is 0.102. The number of fused-ring (bicyclic) bond motifs is 3. The summed E-state index contributed by atoms with van der Waals surface area (Å²) in [7, 11) is 0. The molecular weight excluding hydrogens is 404 g/mol. The van der Waals surface area contributed by atoms with Crippen LogP contribution in [0.15, 0.2) is 23.0 Å². The number of hydrogen-bond donors (Lipinski definition) is 1. The summed E-state index contributed by atoms with van der Waals surface area (Å²) < 4.78 is 16.1. The standard InChI is InChI=1S/C22H24N2O5S/c1-3-27-16-11-13(9-10-15(16)29-12-18(25)28-4-2)20-23-21(26)19-14-7-5-6-8-17(14)30-22(19)24-20/h9-11H,3-8,12H2,1-2H3,(H,23,24,26). The van der Waals surface area contributed by atoms with Crippen molar-refractivity contribution in [2.24, 2.45) is 0 Å². The van der Waals surface area contributed by atoms with Gasteiger partial charge in [-0.1, -0.05) is 0 Å². The molecule has 158 valence electrons. The monoisotopic (exact) mass is 428 g/mol. The zero-order chi connectivity index (χ0) is 21.1. The van der Waals surface area contributed by atoms with Gasteiger partial charge in [-0.2, -0.15) is 0 Å². The van der Waals surface area contributed by atoms with Crippen LogP contribution in [-0.4, -0.2) is 35.8 Å². The maximum absolute atomic E-state index is 12.8. The molecule has 0 saturated heterocycles. The topological polar surface area (TPSA) is 90.5 Å². The molecule has 0 fully saturated rings. The van der Waals surface area contributed by atoms with Crippen molar-refractivity contribution in [3.8, 4) is 22.9 Å². The number of ether oxygens (including phenoxy) is 3. The first-order valence-electron chi connectivity index (χ1n) is 10.2. The molecule has 0 atom stereocenters. The largest absolute Gasteiger partial charge is 0.490 e. The van der Waals surface area contributed by atoms with Crippen molar-refractivity contribution in [3.63, 3.8) is 0 Å². The van der Waals surface area contributed by atoms with E-state index in [1.807, 2.05) is 6.92 Å². The van der Waals surface area contributed by atoms with E-state index in [0.717, 1.165) is 35.9 Å². The van der Waals surface area contributed by atoms with E-state index in [0.29, 0.717) is 36.1 Å². The van der Waals surface area contributed by atoms with Gasteiger partial charge >= 0.3 is 5.97 Å². The summed E-state index contributed by atoms with van der Waals surface area (Å²) in [6, 6.07) is 5.27. The molecule has 1 N–H and O–H groups in total. The number of aromatic nitrogens is 2. The lowest BCUT2D eigenvalue weighted by Crippen LogP contribution is -2.15. The van der Waals surface area contributed by atoms with Gasteiger partial charge < -0.3 is 19.2 Å². The highest BCUT2D eigenvalue weighted by Crippen LogP contribution is 2.35. The van der Waals surface area contributed by atoms with Crippen LogP contribution in [0.3, 0.4) is 0 Å². The normalized spacial score (nSPS) is 13.1. The summed E-state index contributed by atoms with van der Waals surface area (Å²) in [5.41, 5.74) is 1.78. The smallest absolute Gasteiger partial charge is 0.344 e. The molecule has 1 aliphatic rings. The maximum Gasteiger partial charge on any atom is 0.344 e. The van der Waals surface area contributed by atoms with E-state index < -0.39 is 5.97 Å². The SMILES string of the molecule is CCOC(=O)COc1ccc(-c2nc3sc4c(c3c(=O)[nH]2)CCCC4)cc1OCC. The number of aromatic amines is 1. The van der Waals surface area contributed by atoms with Crippen LogP contribution in [0.1, 0.15) is 37.1 Å². The first kappa shape index (κ1) is 20.4. The second-order valence-electron chi connectivity index (χ2n) is 6.99. The second-order valence-corrected chi connectivity index (χ2v) is 8.08. The Kier molecular flexibility index (Phi) is 6.03. The fourth-order valence-electron chi connectivity index (χ4n) is 3.68. The second kappa shape index (κ2) is 8.87. The van der Waals surface area contributed by atoms with Crippen LogP contribution in [0.5, 0.6) is 11.5 Å². The Balaban J connectivity index is 1.68. The molecule has 0 saturated carbocycles. The molecule has 1 aliphatic carbocycles. The van der Waals surface area contributed by atoms with Gasteiger partial charge in [-0.15, -0.1) is 11.3 Å². The van der Waals surface area contributed by atoms with Crippen molar-refractivity contribution in [2.75, 3.05) is 19.8 Å². The Morgan fingerprint density at radius 2 is 1.97 bits per heavy atom. The van der Waals surface area contributed by atoms with Crippen LogP contribution >= 0.6 is 11.3 Å². The van der Waals surface area contributed by atoms with Gasteiger partial charge in [0.2, 0.25) is 0 Å². The highest BCUT2D eigenvalue weighted by atomic mass is 32.1. The molecule has 0 radical (unpaired) electrons. The number of thiophene rings is 1. The summed E-state index contributed by atoms with van der Waals surface area (Å²) in [6.45, 7) is 4.14. The summed E-state index contributed by atoms with van der Waals surface area (Å²) in [5.74, 6) is 0.960. The minimum atomic E-state index is -0.442. The molecule has 0 aliphatic heterocycles.